The van der Waals surface area contributed by atoms with Gasteiger partial charge in [-0.2, -0.15) is 0 Å². The number of hydrogen-bond donors (Lipinski definition) is 3. The number of ether oxygens (including phenoxy) is 5. The highest BCUT2D eigenvalue weighted by Crippen LogP contribution is 2.31. The summed E-state index contributed by atoms with van der Waals surface area (Å²) in [5, 5.41) is 36.2. The highest BCUT2D eigenvalue weighted by Gasteiger charge is 2.46. The van der Waals surface area contributed by atoms with Crippen LogP contribution in [0.2, 0.25) is 0 Å². The molecule has 3 rings (SSSR count). The van der Waals surface area contributed by atoms with Gasteiger partial charge in [0.05, 0.1) is 6.10 Å². The normalized spacial score (nSPS) is 23.7. The molecule has 1 aliphatic heterocycles. The molecule has 0 unspecified atom stereocenters. The van der Waals surface area contributed by atoms with E-state index in [4.69, 9.17) is 23.7 Å². The Balaban J connectivity index is 1.80. The van der Waals surface area contributed by atoms with Crippen molar-refractivity contribution in [3.05, 3.63) is 41.1 Å². The lowest BCUT2D eigenvalue weighted by molar-refractivity contribution is -0.278. The number of carbonyl (C=O) groups is 1. The van der Waals surface area contributed by atoms with E-state index in [9.17, 15) is 20.1 Å². The number of aliphatic hydroxyl groups is 3. The first-order valence-electron chi connectivity index (χ1n) is 13.2. The van der Waals surface area contributed by atoms with E-state index < -0.39 is 49.1 Å². The van der Waals surface area contributed by atoms with Crippen molar-refractivity contribution in [2.75, 3.05) is 6.61 Å². The van der Waals surface area contributed by atoms with E-state index in [0.717, 1.165) is 22.6 Å². The number of aliphatic hydroxyl groups excluding tert-OH is 3. The second-order valence-electron chi connectivity index (χ2n) is 11.3. The fourth-order valence-electron chi connectivity index (χ4n) is 4.18. The van der Waals surface area contributed by atoms with E-state index in [-0.39, 0.29) is 18.0 Å². The summed E-state index contributed by atoms with van der Waals surface area (Å²) in [5.74, 6) is 0.994. The van der Waals surface area contributed by atoms with Crippen LogP contribution in [0.1, 0.15) is 71.3 Å². The van der Waals surface area contributed by atoms with E-state index >= 15 is 0 Å². The lowest BCUT2D eigenvalue weighted by Crippen LogP contribution is -2.60. The van der Waals surface area contributed by atoms with Crippen LogP contribution in [0.25, 0.3) is 0 Å². The molecular weight excluding hydrogens is 508 g/mol. The van der Waals surface area contributed by atoms with Gasteiger partial charge >= 0.3 is 6.16 Å². The molecule has 39 heavy (non-hydrogen) atoms. The van der Waals surface area contributed by atoms with Gasteiger partial charge < -0.3 is 39.0 Å². The van der Waals surface area contributed by atoms with Crippen LogP contribution in [-0.4, -0.2) is 80.3 Å². The molecule has 0 saturated carbocycles. The number of hydrogen-bond acceptors (Lipinski definition) is 10. The summed E-state index contributed by atoms with van der Waals surface area (Å²) < 4.78 is 29.5. The van der Waals surface area contributed by atoms with Crippen molar-refractivity contribution < 1.29 is 43.8 Å². The molecule has 0 aliphatic carbocycles. The highest BCUT2D eigenvalue weighted by atomic mass is 16.7. The Morgan fingerprint density at radius 2 is 1.69 bits per heavy atom. The fraction of sp³-hybridized carbons (Fsp3) is 0.643. The Labute approximate surface area is 229 Å². The average molecular weight is 551 g/mol. The van der Waals surface area contributed by atoms with Crippen LogP contribution in [-0.2, 0) is 20.6 Å². The van der Waals surface area contributed by atoms with Crippen LogP contribution in [0.3, 0.4) is 0 Å². The van der Waals surface area contributed by atoms with Crippen molar-refractivity contribution in [3.63, 3.8) is 0 Å². The molecule has 1 saturated heterocycles. The van der Waals surface area contributed by atoms with Crippen LogP contribution < -0.4 is 9.47 Å². The lowest BCUT2D eigenvalue weighted by atomic mass is 9.99. The van der Waals surface area contributed by atoms with E-state index in [2.05, 4.69) is 5.10 Å². The zero-order chi connectivity index (χ0) is 29.1. The molecule has 1 aromatic carbocycles. The first-order valence-corrected chi connectivity index (χ1v) is 13.2. The van der Waals surface area contributed by atoms with Gasteiger partial charge in [0.2, 0.25) is 12.2 Å². The van der Waals surface area contributed by atoms with E-state index in [1.165, 1.54) is 0 Å². The molecule has 1 aliphatic rings. The van der Waals surface area contributed by atoms with Crippen molar-refractivity contribution in [2.24, 2.45) is 0 Å². The second kappa shape index (κ2) is 12.5. The van der Waals surface area contributed by atoms with Crippen LogP contribution in [0, 0.1) is 6.92 Å². The SMILES string of the molecule is Cc1c(Cc2ccc(OC(C)C)cc2)c(O[C@@H]2O[C@H](COC(=O)OC(C)(C)C)[C@@H](O)[C@H](O)[C@H]2O)nn1C(C)C. The van der Waals surface area contributed by atoms with Gasteiger partial charge in [-0.25, -0.2) is 4.79 Å². The minimum atomic E-state index is -1.61. The van der Waals surface area contributed by atoms with Crippen molar-refractivity contribution in [3.8, 4) is 11.6 Å². The summed E-state index contributed by atoms with van der Waals surface area (Å²) in [4.78, 5) is 12.0. The molecule has 2 heterocycles. The third-order valence-corrected chi connectivity index (χ3v) is 6.05. The van der Waals surface area contributed by atoms with Crippen molar-refractivity contribution in [2.45, 2.75) is 110 Å². The number of carbonyl (C=O) groups excluding carboxylic acids is 1. The second-order valence-corrected chi connectivity index (χ2v) is 11.3. The maximum atomic E-state index is 12.0. The Bertz CT molecular complexity index is 1090. The monoisotopic (exact) mass is 550 g/mol. The molecule has 2 aromatic rings. The Morgan fingerprint density at radius 1 is 1.05 bits per heavy atom. The molecule has 0 amide bonds. The molecule has 11 heteroatoms. The summed E-state index contributed by atoms with van der Waals surface area (Å²) in [7, 11) is 0. The van der Waals surface area contributed by atoms with Gasteiger partial charge in [0.25, 0.3) is 0 Å². The summed E-state index contributed by atoms with van der Waals surface area (Å²) in [6.07, 6.45) is -7.68. The Hall–Kier alpha value is -2.86. The largest absolute Gasteiger partial charge is 0.508 e. The molecule has 1 aromatic heterocycles. The molecule has 3 N–H and O–H groups in total. The summed E-state index contributed by atoms with van der Waals surface area (Å²) in [6.45, 7) is 14.5. The number of nitrogens with zero attached hydrogens (tertiary/aromatic N) is 2. The molecule has 5 atom stereocenters. The van der Waals surface area contributed by atoms with E-state index in [0.29, 0.717) is 6.42 Å². The van der Waals surface area contributed by atoms with E-state index in [1.54, 1.807) is 20.8 Å². The molecule has 1 fully saturated rings. The predicted octanol–water partition coefficient (Wildman–Crippen LogP) is 3.29. The zero-order valence-electron chi connectivity index (χ0n) is 24.0. The molecule has 11 nitrogen and oxygen atoms in total. The molecule has 0 radical (unpaired) electrons. The maximum absolute atomic E-state index is 12.0. The van der Waals surface area contributed by atoms with E-state index in [1.807, 2.05) is 63.6 Å². The van der Waals surface area contributed by atoms with Crippen LogP contribution >= 0.6 is 0 Å². The molecule has 0 bridgehead atoms. The summed E-state index contributed by atoms with van der Waals surface area (Å²) >= 11 is 0. The standard InChI is InChI=1S/C28H42N2O9/c1-15(2)30-17(5)20(13-18-9-11-19(12-10-18)36-16(3)4)25(29-30)38-26-24(33)23(32)22(31)21(37-26)14-35-27(34)39-28(6,7)8/h9-12,15-16,21-24,26,31-33H,13-14H2,1-8H3/t21-,22-,23+,24-,26+/m1/s1. The minimum absolute atomic E-state index is 0.0301. The lowest BCUT2D eigenvalue weighted by Gasteiger charge is -2.39. The van der Waals surface area contributed by atoms with Crippen molar-refractivity contribution in [1.82, 2.24) is 9.78 Å². The summed E-state index contributed by atoms with van der Waals surface area (Å²) in [5.41, 5.74) is 1.87. The molecular formula is C28H42N2O9. The van der Waals surface area contributed by atoms with Gasteiger partial charge in [0, 0.05) is 23.7 Å². The Kier molecular flexibility index (Phi) is 9.87. The number of aromatic nitrogens is 2. The first kappa shape index (κ1) is 30.7. The van der Waals surface area contributed by atoms with Crippen LogP contribution in [0.5, 0.6) is 11.6 Å². The van der Waals surface area contributed by atoms with Crippen LogP contribution in [0.15, 0.2) is 24.3 Å². The third kappa shape index (κ3) is 8.07. The number of benzene rings is 1. The minimum Gasteiger partial charge on any atom is -0.491 e. The van der Waals surface area contributed by atoms with Gasteiger partial charge in [-0.15, -0.1) is 5.10 Å². The number of rotatable bonds is 9. The predicted molar refractivity (Wildman–Crippen MR) is 142 cm³/mol. The van der Waals surface area contributed by atoms with Gasteiger partial charge in [-0.1, -0.05) is 12.1 Å². The zero-order valence-corrected chi connectivity index (χ0v) is 24.0. The van der Waals surface area contributed by atoms with Crippen molar-refractivity contribution in [1.29, 1.82) is 0 Å². The fourth-order valence-corrected chi connectivity index (χ4v) is 4.18. The van der Waals surface area contributed by atoms with Crippen LogP contribution in [0.4, 0.5) is 4.79 Å². The van der Waals surface area contributed by atoms with Gasteiger partial charge in [-0.05, 0) is 73.1 Å². The quantitative estimate of drug-likeness (QED) is 0.398. The maximum Gasteiger partial charge on any atom is 0.508 e. The van der Waals surface area contributed by atoms with Gasteiger partial charge in [0.1, 0.15) is 42.4 Å². The molecule has 218 valence electrons. The smallest absolute Gasteiger partial charge is 0.491 e. The van der Waals surface area contributed by atoms with Gasteiger partial charge in [-0.3, -0.25) is 4.68 Å². The molecule has 0 spiro atoms. The van der Waals surface area contributed by atoms with Crippen molar-refractivity contribution >= 4 is 6.16 Å². The topological polar surface area (TPSA) is 142 Å². The first-order chi connectivity index (χ1) is 18.2. The highest BCUT2D eigenvalue weighted by molar-refractivity contribution is 5.60. The van der Waals surface area contributed by atoms with Gasteiger partial charge in [0.15, 0.2) is 0 Å². The summed E-state index contributed by atoms with van der Waals surface area (Å²) in [6, 6.07) is 7.76. The third-order valence-electron chi connectivity index (χ3n) is 6.05. The average Bonchev–Trinajstić information content (AvgIpc) is 3.13. The Morgan fingerprint density at radius 3 is 2.26 bits per heavy atom.